The lowest BCUT2D eigenvalue weighted by Gasteiger charge is -2.24. The van der Waals surface area contributed by atoms with E-state index in [1.165, 1.54) is 31.4 Å². The number of para-hydroxylation sites is 2. The Bertz CT molecular complexity index is 1270. The zero-order chi connectivity index (χ0) is 26.1. The minimum atomic E-state index is -1.29. The summed E-state index contributed by atoms with van der Waals surface area (Å²) in [5.74, 6) is -2.82. The van der Waals surface area contributed by atoms with Gasteiger partial charge >= 0.3 is 6.09 Å². The van der Waals surface area contributed by atoms with Gasteiger partial charge in [-0.25, -0.2) is 9.18 Å². The Hall–Kier alpha value is -4.70. The highest BCUT2D eigenvalue weighted by Crippen LogP contribution is 2.28. The van der Waals surface area contributed by atoms with Gasteiger partial charge < -0.3 is 25.6 Å². The molecule has 186 valence electrons. The second kappa shape index (κ2) is 12.1. The highest BCUT2D eigenvalue weighted by Gasteiger charge is 2.27. The highest BCUT2D eigenvalue weighted by atomic mass is 19.1. The lowest BCUT2D eigenvalue weighted by atomic mass is 10.0. The first kappa shape index (κ1) is 25.9. The van der Waals surface area contributed by atoms with Crippen LogP contribution in [-0.4, -0.2) is 36.2 Å². The van der Waals surface area contributed by atoms with E-state index in [0.29, 0.717) is 11.4 Å². The van der Waals surface area contributed by atoms with E-state index in [9.17, 15) is 23.9 Å². The number of benzene rings is 3. The van der Waals surface area contributed by atoms with Crippen LogP contribution in [0.15, 0.2) is 84.9 Å². The zero-order valence-electron chi connectivity index (χ0n) is 19.2. The minimum Gasteiger partial charge on any atom is -0.505 e. The van der Waals surface area contributed by atoms with Crippen molar-refractivity contribution in [3.63, 3.8) is 0 Å². The Morgan fingerprint density at radius 1 is 1.03 bits per heavy atom. The molecule has 0 fully saturated rings. The normalized spacial score (nSPS) is 12.5. The topological polar surface area (TPSA) is 140 Å². The Morgan fingerprint density at radius 2 is 1.72 bits per heavy atom. The van der Waals surface area contributed by atoms with Gasteiger partial charge in [0.05, 0.1) is 11.4 Å². The maximum atomic E-state index is 14.1. The van der Waals surface area contributed by atoms with Crippen molar-refractivity contribution in [2.24, 2.45) is 0 Å². The molecule has 36 heavy (non-hydrogen) atoms. The SMILES string of the molecule is CO[C@H](/C=C/C(=O)Nc1ccccc1N)[C@H](OC(=O)NC(=O)c1ccccc1)c1ccc(O)c(F)c1. The second-order valence-corrected chi connectivity index (χ2v) is 7.49. The number of ether oxygens (including phenoxy) is 2. The van der Waals surface area contributed by atoms with Crippen molar-refractivity contribution >= 4 is 29.3 Å². The summed E-state index contributed by atoms with van der Waals surface area (Å²) in [6.07, 6.45) is -1.05. The number of aromatic hydroxyl groups is 1. The van der Waals surface area contributed by atoms with Crippen LogP contribution in [0.4, 0.5) is 20.6 Å². The van der Waals surface area contributed by atoms with Crippen molar-refractivity contribution in [2.45, 2.75) is 12.2 Å². The summed E-state index contributed by atoms with van der Waals surface area (Å²) in [7, 11) is 1.29. The molecule has 0 heterocycles. The van der Waals surface area contributed by atoms with Crippen LogP contribution >= 0.6 is 0 Å². The zero-order valence-corrected chi connectivity index (χ0v) is 19.2. The predicted molar refractivity (Wildman–Crippen MR) is 131 cm³/mol. The van der Waals surface area contributed by atoms with E-state index < -0.39 is 41.7 Å². The second-order valence-electron chi connectivity index (χ2n) is 7.49. The molecule has 0 spiro atoms. The van der Waals surface area contributed by atoms with E-state index in [1.54, 1.807) is 42.5 Å². The van der Waals surface area contributed by atoms with Gasteiger partial charge in [-0.15, -0.1) is 0 Å². The fraction of sp³-hybridized carbons (Fsp3) is 0.115. The number of methoxy groups -OCH3 is 1. The van der Waals surface area contributed by atoms with Crippen LogP contribution in [-0.2, 0) is 14.3 Å². The van der Waals surface area contributed by atoms with E-state index in [0.717, 1.165) is 18.2 Å². The molecule has 0 aromatic heterocycles. The molecule has 3 rings (SSSR count). The average molecular weight is 493 g/mol. The van der Waals surface area contributed by atoms with Crippen LogP contribution in [0.1, 0.15) is 22.0 Å². The van der Waals surface area contributed by atoms with E-state index in [1.807, 2.05) is 0 Å². The molecule has 0 radical (unpaired) electrons. The monoisotopic (exact) mass is 493 g/mol. The number of hydrogen-bond donors (Lipinski definition) is 4. The quantitative estimate of drug-likeness (QED) is 0.275. The van der Waals surface area contributed by atoms with Crippen LogP contribution < -0.4 is 16.4 Å². The summed E-state index contributed by atoms with van der Waals surface area (Å²) < 4.78 is 24.9. The number of carbonyl (C=O) groups excluding carboxylic acids is 3. The van der Waals surface area contributed by atoms with Gasteiger partial charge in [0.2, 0.25) is 5.91 Å². The predicted octanol–water partition coefficient (Wildman–Crippen LogP) is 3.93. The number of phenolic OH excluding ortho intramolecular Hbond substituents is 1. The molecular weight excluding hydrogens is 469 g/mol. The molecule has 10 heteroatoms. The molecule has 0 aliphatic carbocycles. The summed E-state index contributed by atoms with van der Waals surface area (Å²) in [5.41, 5.74) is 6.92. The maximum Gasteiger partial charge on any atom is 0.414 e. The largest absolute Gasteiger partial charge is 0.505 e. The van der Waals surface area contributed by atoms with Gasteiger partial charge in [0.1, 0.15) is 6.10 Å². The third-order valence-corrected chi connectivity index (χ3v) is 5.01. The van der Waals surface area contributed by atoms with E-state index in [4.69, 9.17) is 15.2 Å². The molecule has 0 unspecified atom stereocenters. The van der Waals surface area contributed by atoms with Crippen molar-refractivity contribution in [3.8, 4) is 5.75 Å². The van der Waals surface area contributed by atoms with Crippen LogP contribution in [0.5, 0.6) is 5.75 Å². The first-order valence-corrected chi connectivity index (χ1v) is 10.7. The summed E-state index contributed by atoms with van der Waals surface area (Å²) in [6.45, 7) is 0. The number of anilines is 2. The number of amides is 3. The fourth-order valence-corrected chi connectivity index (χ4v) is 3.19. The van der Waals surface area contributed by atoms with E-state index in [2.05, 4.69) is 10.6 Å². The molecule has 9 nitrogen and oxygen atoms in total. The number of hydrogen-bond acceptors (Lipinski definition) is 7. The van der Waals surface area contributed by atoms with Gasteiger partial charge in [-0.3, -0.25) is 14.9 Å². The smallest absolute Gasteiger partial charge is 0.414 e. The van der Waals surface area contributed by atoms with Crippen molar-refractivity contribution in [3.05, 3.63) is 102 Å². The van der Waals surface area contributed by atoms with Gasteiger partial charge in [-0.05, 0) is 48.0 Å². The van der Waals surface area contributed by atoms with Gasteiger partial charge in [0.25, 0.3) is 5.91 Å². The van der Waals surface area contributed by atoms with Crippen molar-refractivity contribution in [1.82, 2.24) is 5.32 Å². The summed E-state index contributed by atoms with van der Waals surface area (Å²) in [5, 5.41) is 14.2. The molecule has 0 saturated heterocycles. The standard InChI is InChI=1S/C26H24FN3O6/c1-35-22(13-14-23(32)29-20-10-6-5-9-19(20)28)24(17-11-12-21(31)18(27)15-17)36-26(34)30-25(33)16-7-3-2-4-8-16/h2-15,22,24,31H,28H2,1H3,(H,29,32)(H,30,33,34)/b14-13+/t22-,24-/m1/s1. The number of nitrogen functional groups attached to an aromatic ring is 1. The number of carbonyl (C=O) groups is 3. The van der Waals surface area contributed by atoms with Gasteiger partial charge in [0.15, 0.2) is 17.7 Å². The fourth-order valence-electron chi connectivity index (χ4n) is 3.19. The van der Waals surface area contributed by atoms with Gasteiger partial charge in [-0.1, -0.05) is 36.4 Å². The highest BCUT2D eigenvalue weighted by molar-refractivity contribution is 6.03. The molecule has 3 aromatic carbocycles. The first-order valence-electron chi connectivity index (χ1n) is 10.7. The number of imide groups is 1. The molecule has 3 amide bonds. The third kappa shape index (κ3) is 6.90. The Balaban J connectivity index is 1.80. The molecule has 3 aromatic rings. The van der Waals surface area contributed by atoms with Crippen LogP contribution in [0.2, 0.25) is 0 Å². The molecular formula is C26H24FN3O6. The molecule has 2 atom stereocenters. The first-order chi connectivity index (χ1) is 17.3. The van der Waals surface area contributed by atoms with Crippen molar-refractivity contribution < 1.29 is 33.4 Å². The molecule has 0 aliphatic rings. The Morgan fingerprint density at radius 3 is 2.39 bits per heavy atom. The number of rotatable bonds is 8. The van der Waals surface area contributed by atoms with Crippen molar-refractivity contribution in [2.75, 3.05) is 18.2 Å². The Kier molecular flexibility index (Phi) is 8.73. The molecule has 0 aliphatic heterocycles. The van der Waals surface area contributed by atoms with Crippen LogP contribution in [0.25, 0.3) is 0 Å². The van der Waals surface area contributed by atoms with Crippen LogP contribution in [0.3, 0.4) is 0 Å². The van der Waals surface area contributed by atoms with Gasteiger partial charge in [-0.2, -0.15) is 0 Å². The molecule has 0 bridgehead atoms. The summed E-state index contributed by atoms with van der Waals surface area (Å²) in [6, 6.07) is 18.0. The number of phenols is 1. The van der Waals surface area contributed by atoms with Crippen LogP contribution in [0, 0.1) is 5.82 Å². The lowest BCUT2D eigenvalue weighted by Crippen LogP contribution is -2.34. The van der Waals surface area contributed by atoms with Gasteiger partial charge in [0, 0.05) is 18.7 Å². The Labute approximate surface area is 206 Å². The number of halogens is 1. The number of nitrogens with one attached hydrogen (secondary N) is 2. The third-order valence-electron chi connectivity index (χ3n) is 5.01. The van der Waals surface area contributed by atoms with E-state index >= 15 is 0 Å². The lowest BCUT2D eigenvalue weighted by molar-refractivity contribution is -0.112. The van der Waals surface area contributed by atoms with E-state index in [-0.39, 0.29) is 11.1 Å². The molecule has 5 N–H and O–H groups in total. The maximum absolute atomic E-state index is 14.1. The number of alkyl carbamates (subject to hydrolysis) is 1. The molecule has 0 saturated carbocycles. The average Bonchev–Trinajstić information content (AvgIpc) is 2.87. The minimum absolute atomic E-state index is 0.108. The van der Waals surface area contributed by atoms with Crippen molar-refractivity contribution in [1.29, 1.82) is 0 Å². The summed E-state index contributed by atoms with van der Waals surface area (Å²) in [4.78, 5) is 37.2. The summed E-state index contributed by atoms with van der Waals surface area (Å²) >= 11 is 0. The number of nitrogens with two attached hydrogens (primary N) is 1.